The monoisotopic (exact) mass is 826 g/mol. The first-order valence-electron chi connectivity index (χ1n) is 20.1. The van der Waals surface area contributed by atoms with Crippen LogP contribution in [-0.2, 0) is 41.8 Å². The van der Waals surface area contributed by atoms with E-state index >= 15 is 0 Å². The number of hydrogen-bond donors (Lipinski definition) is 5. The Kier molecular flexibility index (Phi) is 33.3. The topological polar surface area (TPSA) is 216 Å². The van der Waals surface area contributed by atoms with Crippen molar-refractivity contribution in [2.75, 3.05) is 26.4 Å². The normalized spacial score (nSPS) is 15.2. The third-order valence-corrected chi connectivity index (χ3v) is 9.75. The quantitative estimate of drug-likeness (QED) is 0.0130. The maximum absolute atomic E-state index is 12.6. The fraction of sp³-hybridized carbons (Fsp3) is 0.795. The van der Waals surface area contributed by atoms with Crippen LogP contribution < -0.4 is 0 Å². The Hall–Kier alpha value is -1.70. The van der Waals surface area contributed by atoms with Crippen LogP contribution in [0.4, 0.5) is 0 Å². The van der Waals surface area contributed by atoms with E-state index in [0.29, 0.717) is 19.3 Å². The minimum Gasteiger partial charge on any atom is -0.462 e. The van der Waals surface area contributed by atoms with Crippen molar-refractivity contribution in [3.8, 4) is 0 Å². The van der Waals surface area contributed by atoms with Gasteiger partial charge in [-0.1, -0.05) is 141 Å². The Morgan fingerprint density at radius 1 is 0.618 bits per heavy atom. The maximum Gasteiger partial charge on any atom is 0.472 e. The molecule has 55 heavy (non-hydrogen) atoms. The first kappa shape index (κ1) is 53.3. The zero-order valence-corrected chi connectivity index (χ0v) is 35.3. The summed E-state index contributed by atoms with van der Waals surface area (Å²) in [4.78, 5) is 52.5. The fourth-order valence-corrected chi connectivity index (χ4v) is 6.40. The van der Waals surface area contributed by atoms with E-state index in [-0.39, 0.29) is 12.8 Å². The van der Waals surface area contributed by atoms with E-state index in [1.807, 2.05) is 18.2 Å². The van der Waals surface area contributed by atoms with Crippen LogP contribution in [0.5, 0.6) is 0 Å². The summed E-state index contributed by atoms with van der Waals surface area (Å²) in [7, 11) is -9.70. The number of ether oxygens (including phenoxy) is 2. The number of hydrogen-bond acceptors (Lipinski definition) is 11. The lowest BCUT2D eigenvalue weighted by Crippen LogP contribution is -2.30. The van der Waals surface area contributed by atoms with E-state index < -0.39 is 72.3 Å². The van der Waals surface area contributed by atoms with Crippen molar-refractivity contribution in [1.82, 2.24) is 0 Å². The molecule has 0 bridgehead atoms. The molecule has 0 aliphatic carbocycles. The summed E-state index contributed by atoms with van der Waals surface area (Å²) in [5, 5.41) is 19.8. The smallest absolute Gasteiger partial charge is 0.462 e. The highest BCUT2D eigenvalue weighted by Gasteiger charge is 2.28. The Bertz CT molecular complexity index is 1150. The molecule has 5 N–H and O–H groups in total. The van der Waals surface area contributed by atoms with Crippen LogP contribution in [-0.4, -0.2) is 81.6 Å². The molecule has 0 aromatic carbocycles. The first-order valence-corrected chi connectivity index (χ1v) is 23.2. The zero-order valence-electron chi connectivity index (χ0n) is 33.5. The van der Waals surface area contributed by atoms with Gasteiger partial charge >= 0.3 is 27.6 Å². The Morgan fingerprint density at radius 3 is 1.73 bits per heavy atom. The number of aliphatic hydroxyl groups is 2. The molecule has 0 spiro atoms. The summed E-state index contributed by atoms with van der Waals surface area (Å²) in [6.45, 7) is 3.78. The Morgan fingerprint density at radius 2 is 1.15 bits per heavy atom. The molecule has 0 aliphatic heterocycles. The number of unbranched alkanes of at least 4 members (excludes halogenated alkanes) is 12. The average Bonchev–Trinajstić information content (AvgIpc) is 3.12. The molecule has 0 saturated carbocycles. The van der Waals surface area contributed by atoms with Crippen molar-refractivity contribution in [3.05, 3.63) is 36.5 Å². The summed E-state index contributed by atoms with van der Waals surface area (Å²) >= 11 is 0. The lowest BCUT2D eigenvalue weighted by Gasteiger charge is -2.20. The van der Waals surface area contributed by atoms with Crippen LogP contribution in [0.15, 0.2) is 36.5 Å². The van der Waals surface area contributed by atoms with Crippen LogP contribution in [0.1, 0.15) is 149 Å². The van der Waals surface area contributed by atoms with E-state index in [1.165, 1.54) is 38.5 Å². The molecule has 0 saturated heterocycles. The van der Waals surface area contributed by atoms with Gasteiger partial charge in [-0.3, -0.25) is 23.2 Å². The number of carbonyl (C=O) groups is 2. The van der Waals surface area contributed by atoms with Gasteiger partial charge in [0, 0.05) is 12.8 Å². The average molecular weight is 827 g/mol. The van der Waals surface area contributed by atoms with E-state index in [0.717, 1.165) is 63.7 Å². The number of phosphoric ester groups is 2. The van der Waals surface area contributed by atoms with Crippen LogP contribution in [0.25, 0.3) is 0 Å². The molecule has 0 fully saturated rings. The minimum atomic E-state index is -4.87. The van der Waals surface area contributed by atoms with Gasteiger partial charge in [0.25, 0.3) is 0 Å². The minimum absolute atomic E-state index is 0.0621. The Labute approximate surface area is 329 Å². The molecule has 0 aromatic heterocycles. The summed E-state index contributed by atoms with van der Waals surface area (Å²) in [6.07, 6.45) is 26.1. The molecule has 0 aliphatic rings. The molecule has 322 valence electrons. The molecule has 0 rings (SSSR count). The zero-order chi connectivity index (χ0) is 41.2. The molecule has 2 unspecified atom stereocenters. The van der Waals surface area contributed by atoms with Gasteiger partial charge in [-0.2, -0.15) is 0 Å². The second-order valence-electron chi connectivity index (χ2n) is 14.2. The van der Waals surface area contributed by atoms with Gasteiger partial charge in [-0.05, 0) is 38.0 Å². The fourth-order valence-electron chi connectivity index (χ4n) is 5.24. The highest BCUT2D eigenvalue weighted by atomic mass is 31.2. The summed E-state index contributed by atoms with van der Waals surface area (Å²) < 4.78 is 47.6. The summed E-state index contributed by atoms with van der Waals surface area (Å²) in [5.41, 5.74) is 0. The molecule has 16 heteroatoms. The van der Waals surface area contributed by atoms with Crippen molar-refractivity contribution in [3.63, 3.8) is 0 Å². The Balaban J connectivity index is 4.65. The SMILES string of the molecule is CC/C=C/C/C=C/C=C/C(O)CCCCCCCC(=O)O[C@H](COC(=O)CCCCCCCCCCCC(C)C)COP(=O)(O)OC[C@@H](O)COP(=O)(O)O. The lowest BCUT2D eigenvalue weighted by molar-refractivity contribution is -0.161. The highest BCUT2D eigenvalue weighted by molar-refractivity contribution is 7.47. The predicted molar refractivity (Wildman–Crippen MR) is 213 cm³/mol. The first-order chi connectivity index (χ1) is 26.1. The number of aliphatic hydroxyl groups excluding tert-OH is 2. The number of esters is 2. The van der Waals surface area contributed by atoms with Crippen molar-refractivity contribution < 1.29 is 66.7 Å². The van der Waals surface area contributed by atoms with Gasteiger partial charge in [0.1, 0.15) is 12.7 Å². The van der Waals surface area contributed by atoms with Crippen LogP contribution in [0.2, 0.25) is 0 Å². The van der Waals surface area contributed by atoms with Crippen molar-refractivity contribution in [2.24, 2.45) is 5.92 Å². The summed E-state index contributed by atoms with van der Waals surface area (Å²) in [5.74, 6) is -0.356. The number of rotatable bonds is 37. The van der Waals surface area contributed by atoms with Crippen LogP contribution in [0, 0.1) is 5.92 Å². The predicted octanol–water partition coefficient (Wildman–Crippen LogP) is 8.55. The van der Waals surface area contributed by atoms with Gasteiger partial charge in [-0.15, -0.1) is 0 Å². The van der Waals surface area contributed by atoms with Gasteiger partial charge in [-0.25, -0.2) is 9.13 Å². The van der Waals surface area contributed by atoms with E-state index in [4.69, 9.17) is 23.8 Å². The van der Waals surface area contributed by atoms with E-state index in [9.17, 15) is 33.8 Å². The number of phosphoric acid groups is 2. The van der Waals surface area contributed by atoms with Crippen molar-refractivity contribution in [2.45, 2.75) is 167 Å². The largest absolute Gasteiger partial charge is 0.472 e. The van der Waals surface area contributed by atoms with Gasteiger partial charge in [0.2, 0.25) is 0 Å². The molecule has 0 aromatic rings. The van der Waals surface area contributed by atoms with Crippen molar-refractivity contribution in [1.29, 1.82) is 0 Å². The highest BCUT2D eigenvalue weighted by Crippen LogP contribution is 2.43. The number of allylic oxidation sites excluding steroid dienone is 5. The molecule has 0 heterocycles. The lowest BCUT2D eigenvalue weighted by atomic mass is 10.0. The van der Waals surface area contributed by atoms with Gasteiger partial charge < -0.3 is 34.4 Å². The molecule has 14 nitrogen and oxygen atoms in total. The van der Waals surface area contributed by atoms with Crippen LogP contribution >= 0.6 is 15.6 Å². The second kappa shape index (κ2) is 34.4. The van der Waals surface area contributed by atoms with Gasteiger partial charge in [0.15, 0.2) is 6.10 Å². The molecular formula is C39H72O14P2. The molecule has 0 radical (unpaired) electrons. The molecule has 4 atom stereocenters. The third-order valence-electron chi connectivity index (χ3n) is 8.32. The van der Waals surface area contributed by atoms with Gasteiger partial charge in [0.05, 0.1) is 25.9 Å². The molecular weight excluding hydrogens is 754 g/mol. The standard InChI is InChI=1S/C39H72O14P2/c1-4-5-6-7-11-16-21-26-35(40)27-22-17-14-19-24-29-39(43)53-37(33-52-55(47,48)51-31-36(41)30-50-54(44,45)46)32-49-38(42)28-23-18-13-10-8-9-12-15-20-25-34(2)3/h5-6,11,16,21,26,34-37,40-41H,4,7-10,12-15,17-20,22-25,27-33H2,1-3H3,(H,47,48)(H2,44,45,46)/b6-5+,16-11+,26-21+/t35?,36-,37+/m0/s1. The van der Waals surface area contributed by atoms with Crippen LogP contribution in [0.3, 0.4) is 0 Å². The third kappa shape index (κ3) is 38.9. The van der Waals surface area contributed by atoms with E-state index in [2.05, 4.69) is 42.0 Å². The maximum atomic E-state index is 12.6. The summed E-state index contributed by atoms with van der Waals surface area (Å²) in [6, 6.07) is 0. The van der Waals surface area contributed by atoms with Crippen molar-refractivity contribution >= 4 is 27.6 Å². The molecule has 0 amide bonds. The second-order valence-corrected chi connectivity index (χ2v) is 16.9. The number of carbonyl (C=O) groups excluding carboxylic acids is 2. The van der Waals surface area contributed by atoms with E-state index in [1.54, 1.807) is 6.08 Å².